The monoisotopic (exact) mass is 451 g/mol. The molecule has 1 aliphatic rings. The lowest BCUT2D eigenvalue weighted by Crippen LogP contribution is -2.47. The number of allylic oxidation sites excluding steroid dienone is 1. The Labute approximate surface area is 189 Å². The number of hydrogen-bond acceptors (Lipinski definition) is 4. The smallest absolute Gasteiger partial charge is 0.338 e. The number of carbonyl (C=O) groups is 2. The summed E-state index contributed by atoms with van der Waals surface area (Å²) in [6.45, 7) is 11.7. The van der Waals surface area contributed by atoms with Crippen molar-refractivity contribution in [2.45, 2.75) is 53.7 Å². The first-order valence-corrected chi connectivity index (χ1v) is 10.9. The van der Waals surface area contributed by atoms with Crippen molar-refractivity contribution in [3.05, 3.63) is 41.1 Å². The third-order valence-corrected chi connectivity index (χ3v) is 5.93. The molecule has 0 fully saturated rings. The van der Waals surface area contributed by atoms with Crippen LogP contribution in [0.5, 0.6) is 0 Å². The molecule has 0 bridgehead atoms. The Kier molecular flexibility index (Phi) is 7.88. The van der Waals surface area contributed by atoms with E-state index in [9.17, 15) is 9.59 Å². The van der Waals surface area contributed by atoms with E-state index in [4.69, 9.17) is 28.6 Å². The highest BCUT2D eigenvalue weighted by Gasteiger charge is 2.34. The molecule has 1 atom stereocenters. The zero-order chi connectivity index (χ0) is 22.6. The van der Waals surface area contributed by atoms with E-state index in [1.807, 2.05) is 44.7 Å². The van der Waals surface area contributed by atoms with Crippen molar-refractivity contribution in [2.75, 3.05) is 17.7 Å². The number of esters is 1. The van der Waals surface area contributed by atoms with E-state index < -0.39 is 11.5 Å². The number of rotatable bonds is 7. The molecule has 1 amide bonds. The van der Waals surface area contributed by atoms with Crippen LogP contribution in [-0.4, -0.2) is 40.4 Å². The summed E-state index contributed by atoms with van der Waals surface area (Å²) in [5.74, 6) is -0.306. The maximum absolute atomic E-state index is 12.9. The minimum atomic E-state index is -0.672. The van der Waals surface area contributed by atoms with Crippen molar-refractivity contribution < 1.29 is 14.3 Å². The number of ether oxygens (including phenoxy) is 1. The predicted octanol–water partition coefficient (Wildman–Crippen LogP) is 4.37. The van der Waals surface area contributed by atoms with E-state index in [0.717, 1.165) is 11.3 Å². The number of nitrogens with zero attached hydrogens (tertiary/aromatic N) is 1. The molecule has 0 saturated carbocycles. The van der Waals surface area contributed by atoms with Gasteiger partial charge in [0, 0.05) is 23.8 Å². The van der Waals surface area contributed by atoms with Crippen molar-refractivity contribution in [3.63, 3.8) is 0 Å². The lowest BCUT2D eigenvalue weighted by atomic mass is 9.94. The van der Waals surface area contributed by atoms with Gasteiger partial charge in [0.15, 0.2) is 5.11 Å². The summed E-state index contributed by atoms with van der Waals surface area (Å²) >= 11 is 11.4. The summed E-state index contributed by atoms with van der Waals surface area (Å²) in [6.07, 6.45) is -0.231. The molecular weight excluding hydrogens is 422 g/mol. The molecule has 0 unspecified atom stereocenters. The molecule has 0 aliphatic carbocycles. The fourth-order valence-corrected chi connectivity index (χ4v) is 3.58. The summed E-state index contributed by atoms with van der Waals surface area (Å²) in [4.78, 5) is 27.1. The van der Waals surface area contributed by atoms with Crippen molar-refractivity contribution in [3.8, 4) is 0 Å². The third-order valence-electron chi connectivity index (χ3n) is 4.93. The fraction of sp³-hybridized carbons (Fsp3) is 0.500. The number of amides is 1. The molecule has 1 heterocycles. The maximum atomic E-state index is 12.9. The Morgan fingerprint density at radius 3 is 2.40 bits per heavy atom. The predicted molar refractivity (Wildman–Crippen MR) is 124 cm³/mol. The van der Waals surface area contributed by atoms with Crippen LogP contribution in [0.15, 0.2) is 35.5 Å². The van der Waals surface area contributed by atoms with E-state index in [-0.39, 0.29) is 23.9 Å². The lowest BCUT2D eigenvalue weighted by Gasteiger charge is -2.37. The molecule has 0 aromatic heterocycles. The second-order valence-corrected chi connectivity index (χ2v) is 8.83. The minimum Gasteiger partial charge on any atom is -0.459 e. The molecule has 2 N–H and O–H groups in total. The van der Waals surface area contributed by atoms with Crippen LogP contribution in [0.3, 0.4) is 0 Å². The van der Waals surface area contributed by atoms with Crippen LogP contribution < -0.4 is 10.6 Å². The fourth-order valence-electron chi connectivity index (χ4n) is 3.07. The van der Waals surface area contributed by atoms with Gasteiger partial charge in [0.25, 0.3) is 0 Å². The van der Waals surface area contributed by atoms with Gasteiger partial charge in [-0.05, 0) is 71.5 Å². The van der Waals surface area contributed by atoms with E-state index in [2.05, 4.69) is 10.6 Å². The number of thiocarbonyl (C=S) groups is 1. The highest BCUT2D eigenvalue weighted by Crippen LogP contribution is 2.32. The van der Waals surface area contributed by atoms with Crippen LogP contribution in [0.25, 0.3) is 0 Å². The van der Waals surface area contributed by atoms with Gasteiger partial charge in [-0.2, -0.15) is 0 Å². The van der Waals surface area contributed by atoms with Crippen LogP contribution >= 0.6 is 23.8 Å². The van der Waals surface area contributed by atoms with Gasteiger partial charge >= 0.3 is 5.97 Å². The maximum Gasteiger partial charge on any atom is 0.338 e. The van der Waals surface area contributed by atoms with Crippen LogP contribution in [-0.2, 0) is 14.3 Å². The molecule has 0 radical (unpaired) electrons. The van der Waals surface area contributed by atoms with Gasteiger partial charge < -0.3 is 20.3 Å². The number of anilines is 1. The molecule has 1 aromatic carbocycles. The number of carbonyl (C=O) groups excluding carboxylic acids is 2. The van der Waals surface area contributed by atoms with Crippen LogP contribution in [0.2, 0.25) is 0 Å². The number of nitrogens with one attached hydrogen (secondary N) is 2. The molecule has 8 heteroatoms. The van der Waals surface area contributed by atoms with Gasteiger partial charge in [-0.25, -0.2) is 4.79 Å². The molecule has 6 nitrogen and oxygen atoms in total. The number of benzene rings is 1. The Morgan fingerprint density at radius 1 is 1.30 bits per heavy atom. The van der Waals surface area contributed by atoms with Crippen molar-refractivity contribution >= 4 is 46.5 Å². The van der Waals surface area contributed by atoms with E-state index in [1.165, 1.54) is 0 Å². The Bertz CT molecular complexity index is 850. The van der Waals surface area contributed by atoms with Crippen LogP contribution in [0.1, 0.15) is 53.1 Å². The lowest BCUT2D eigenvalue weighted by molar-refractivity contribution is -0.143. The molecule has 30 heavy (non-hydrogen) atoms. The van der Waals surface area contributed by atoms with Gasteiger partial charge in [-0.3, -0.25) is 4.79 Å². The highest BCUT2D eigenvalue weighted by atomic mass is 35.5. The zero-order valence-electron chi connectivity index (χ0n) is 18.3. The SMILES string of the molecule is CCN1C(=S)N[C@H](c2ccc(NC(=O)C(C)(C)CCl)cc2)C(C(=O)OC(C)C)=C1C. The largest absolute Gasteiger partial charge is 0.459 e. The topological polar surface area (TPSA) is 70.7 Å². The van der Waals surface area contributed by atoms with Crippen molar-refractivity contribution in [1.29, 1.82) is 0 Å². The summed E-state index contributed by atoms with van der Waals surface area (Å²) in [7, 11) is 0. The van der Waals surface area contributed by atoms with Crippen molar-refractivity contribution in [2.24, 2.45) is 5.41 Å². The summed E-state index contributed by atoms with van der Waals surface area (Å²) < 4.78 is 5.49. The van der Waals surface area contributed by atoms with Gasteiger partial charge in [0.05, 0.1) is 23.1 Å². The van der Waals surface area contributed by atoms with Crippen molar-refractivity contribution in [1.82, 2.24) is 10.2 Å². The molecule has 1 aromatic rings. The number of alkyl halides is 1. The van der Waals surface area contributed by atoms with E-state index >= 15 is 0 Å². The first-order chi connectivity index (χ1) is 14.0. The Morgan fingerprint density at radius 2 is 1.90 bits per heavy atom. The second-order valence-electron chi connectivity index (χ2n) is 8.17. The van der Waals surface area contributed by atoms with Crippen LogP contribution in [0.4, 0.5) is 5.69 Å². The van der Waals surface area contributed by atoms with E-state index in [1.54, 1.807) is 26.0 Å². The van der Waals surface area contributed by atoms with Gasteiger partial charge in [-0.1, -0.05) is 12.1 Å². The molecule has 164 valence electrons. The van der Waals surface area contributed by atoms with E-state index in [0.29, 0.717) is 22.9 Å². The van der Waals surface area contributed by atoms with Gasteiger partial charge in [0.1, 0.15) is 0 Å². The first-order valence-electron chi connectivity index (χ1n) is 9.99. The number of halogens is 1. The zero-order valence-corrected chi connectivity index (χ0v) is 19.9. The molecule has 1 aliphatic heterocycles. The quantitative estimate of drug-likeness (QED) is 0.364. The molecule has 0 saturated heterocycles. The standard InChI is InChI=1S/C22H30ClN3O3S/c1-7-26-14(4)17(19(27)29-13(2)3)18(25-21(26)30)15-8-10-16(11-9-15)24-20(28)22(5,6)12-23/h8-11,13,18H,7,12H2,1-6H3,(H,24,28)(H,25,30)/t18-/m1/s1. The van der Waals surface area contributed by atoms with Gasteiger partial charge in [0.2, 0.25) is 5.91 Å². The second kappa shape index (κ2) is 9.79. The number of hydrogen-bond donors (Lipinski definition) is 2. The first kappa shape index (κ1) is 24.2. The minimum absolute atomic E-state index is 0.155. The average molecular weight is 452 g/mol. The molecular formula is C22H30ClN3O3S. The molecule has 0 spiro atoms. The van der Waals surface area contributed by atoms with Gasteiger partial charge in [-0.15, -0.1) is 11.6 Å². The summed E-state index contributed by atoms with van der Waals surface area (Å²) in [6, 6.07) is 6.89. The Hall–Kier alpha value is -2.12. The average Bonchev–Trinajstić information content (AvgIpc) is 2.67. The molecule has 2 rings (SSSR count). The highest BCUT2D eigenvalue weighted by molar-refractivity contribution is 7.80. The summed E-state index contributed by atoms with van der Waals surface area (Å²) in [5.41, 5.74) is 2.13. The normalized spacial score (nSPS) is 17.1. The summed E-state index contributed by atoms with van der Waals surface area (Å²) in [5, 5.41) is 6.69. The Balaban J connectivity index is 2.35. The van der Waals surface area contributed by atoms with Crippen LogP contribution in [0, 0.1) is 5.41 Å². The third kappa shape index (κ3) is 5.32.